The van der Waals surface area contributed by atoms with Crippen molar-refractivity contribution >= 4 is 11.0 Å². The van der Waals surface area contributed by atoms with E-state index in [0.717, 1.165) is 6.54 Å². The van der Waals surface area contributed by atoms with Crippen LogP contribution in [0.25, 0.3) is 0 Å². The van der Waals surface area contributed by atoms with Crippen molar-refractivity contribution < 1.29 is 8.95 Å². The predicted molar refractivity (Wildman–Crippen MR) is 93.2 cm³/mol. The van der Waals surface area contributed by atoms with Crippen LogP contribution >= 0.6 is 0 Å². The van der Waals surface area contributed by atoms with Gasteiger partial charge in [-0.2, -0.15) is 0 Å². The van der Waals surface area contributed by atoms with E-state index >= 15 is 0 Å². The molecule has 1 aromatic rings. The van der Waals surface area contributed by atoms with Crippen molar-refractivity contribution in [3.8, 4) is 0 Å². The van der Waals surface area contributed by atoms with Crippen LogP contribution in [0.2, 0.25) is 0 Å². The molecule has 23 heavy (non-hydrogen) atoms. The van der Waals surface area contributed by atoms with Gasteiger partial charge in [0.25, 0.3) is 0 Å². The highest BCUT2D eigenvalue weighted by Gasteiger charge is 2.69. The number of rotatable bonds is 4. The third-order valence-electron chi connectivity index (χ3n) is 7.17. The highest BCUT2D eigenvalue weighted by Crippen LogP contribution is 2.67. The average Bonchev–Trinajstić information content (AvgIpc) is 3.28. The molecular formula is C19H27NO2S. The average molecular weight is 333 g/mol. The molecule has 1 heterocycles. The molecule has 0 radical (unpaired) electrons. The minimum absolute atomic E-state index is 0.106. The number of hydrogen-bond donors (Lipinski definition) is 0. The molecule has 0 N–H and O–H groups in total. The summed E-state index contributed by atoms with van der Waals surface area (Å²) in [7, 11) is 0.839. The van der Waals surface area contributed by atoms with E-state index < -0.39 is 11.0 Å². The normalized spacial score (nSPS) is 45.1. The summed E-state index contributed by atoms with van der Waals surface area (Å²) >= 11 is 0. The highest BCUT2D eigenvalue weighted by atomic mass is 32.2. The predicted octanol–water partition coefficient (Wildman–Crippen LogP) is 3.55. The second kappa shape index (κ2) is 5.14. The zero-order chi connectivity index (χ0) is 16.4. The van der Waals surface area contributed by atoms with Crippen molar-refractivity contribution in [1.82, 2.24) is 4.31 Å². The molecule has 2 saturated carbocycles. The molecule has 7 atom stereocenters. The molecule has 126 valence electrons. The van der Waals surface area contributed by atoms with Crippen LogP contribution in [-0.4, -0.2) is 33.5 Å². The van der Waals surface area contributed by atoms with Crippen molar-refractivity contribution in [2.75, 3.05) is 13.7 Å². The van der Waals surface area contributed by atoms with Crippen molar-refractivity contribution in [3.63, 3.8) is 0 Å². The van der Waals surface area contributed by atoms with Gasteiger partial charge in [0.1, 0.15) is 11.0 Å². The second-order valence-corrected chi connectivity index (χ2v) is 9.77. The monoisotopic (exact) mass is 333 g/mol. The van der Waals surface area contributed by atoms with Crippen molar-refractivity contribution in [2.45, 2.75) is 51.0 Å². The first-order valence-electron chi connectivity index (χ1n) is 8.67. The summed E-state index contributed by atoms with van der Waals surface area (Å²) in [5.41, 5.74) is 1.63. The molecule has 3 fully saturated rings. The van der Waals surface area contributed by atoms with Crippen molar-refractivity contribution in [1.29, 1.82) is 0 Å². The molecule has 0 amide bonds. The van der Waals surface area contributed by atoms with Gasteiger partial charge in [0.2, 0.25) is 0 Å². The molecule has 0 spiro atoms. The van der Waals surface area contributed by atoms with Gasteiger partial charge in [-0.25, -0.2) is 8.51 Å². The number of ether oxygens (including phenoxy) is 1. The first kappa shape index (κ1) is 15.8. The number of benzene rings is 1. The maximum absolute atomic E-state index is 13.3. The van der Waals surface area contributed by atoms with Crippen LogP contribution in [0, 0.1) is 16.7 Å². The zero-order valence-electron chi connectivity index (χ0n) is 14.5. The topological polar surface area (TPSA) is 29.3 Å². The summed E-state index contributed by atoms with van der Waals surface area (Å²) in [5, 5.41) is 0.141. The quantitative estimate of drug-likeness (QED) is 0.789. The fourth-order valence-corrected chi connectivity index (χ4v) is 7.64. The van der Waals surface area contributed by atoms with Gasteiger partial charge in [0, 0.05) is 19.1 Å². The standard InChI is InChI=1S/C19H27NO2S/c1-18(2)14-10-11-19(18,3)17(22-4)16(14)23(21)20-12-15(20)13-8-6-5-7-9-13/h5-9,14-17H,10-12H2,1-4H3/t14-,15-,16-,17-,19+,20?,23?/m1/s1. The van der Waals surface area contributed by atoms with Gasteiger partial charge in [0.05, 0.1) is 17.4 Å². The van der Waals surface area contributed by atoms with E-state index in [1.54, 1.807) is 7.11 Å². The lowest BCUT2D eigenvalue weighted by atomic mass is 9.70. The van der Waals surface area contributed by atoms with E-state index in [1.807, 2.05) is 6.07 Å². The summed E-state index contributed by atoms with van der Waals surface area (Å²) < 4.78 is 21.4. The number of fused-ring (bicyclic) bond motifs is 2. The largest absolute Gasteiger partial charge is 0.380 e. The third kappa shape index (κ3) is 2.04. The summed E-state index contributed by atoms with van der Waals surface area (Å²) in [6.07, 6.45) is 2.48. The molecular weight excluding hydrogens is 306 g/mol. The maximum atomic E-state index is 13.3. The Bertz CT molecular complexity index is 632. The van der Waals surface area contributed by atoms with Crippen molar-refractivity contribution in [2.24, 2.45) is 16.7 Å². The van der Waals surface area contributed by atoms with Gasteiger partial charge >= 0.3 is 0 Å². The van der Waals surface area contributed by atoms with Gasteiger partial charge in [-0.15, -0.1) is 0 Å². The molecule has 1 aromatic carbocycles. The Morgan fingerprint density at radius 1 is 1.22 bits per heavy atom. The van der Waals surface area contributed by atoms with Gasteiger partial charge < -0.3 is 4.74 Å². The molecule has 2 aliphatic carbocycles. The van der Waals surface area contributed by atoms with E-state index in [4.69, 9.17) is 4.74 Å². The van der Waals surface area contributed by atoms with Gasteiger partial charge in [0.15, 0.2) is 0 Å². The van der Waals surface area contributed by atoms with Crippen LogP contribution in [0.4, 0.5) is 0 Å². The Labute approximate surface area is 142 Å². The number of hydrogen-bond acceptors (Lipinski definition) is 2. The molecule has 3 aliphatic rings. The minimum Gasteiger partial charge on any atom is -0.380 e. The van der Waals surface area contributed by atoms with Crippen LogP contribution in [0.1, 0.15) is 45.2 Å². The van der Waals surface area contributed by atoms with E-state index in [0.29, 0.717) is 12.0 Å². The lowest BCUT2D eigenvalue weighted by molar-refractivity contribution is -0.0183. The van der Waals surface area contributed by atoms with E-state index in [2.05, 4.69) is 49.3 Å². The second-order valence-electron chi connectivity index (χ2n) is 8.21. The van der Waals surface area contributed by atoms with E-state index in [9.17, 15) is 4.21 Å². The van der Waals surface area contributed by atoms with Crippen LogP contribution in [0.5, 0.6) is 0 Å². The molecule has 2 bridgehead atoms. The Kier molecular flexibility index (Phi) is 3.53. The summed E-state index contributed by atoms with van der Waals surface area (Å²) in [5.74, 6) is 0.496. The van der Waals surface area contributed by atoms with Crippen LogP contribution < -0.4 is 0 Å². The SMILES string of the molecule is CO[C@@H]1[C@H](S(=O)N2C[C@@H]2c2ccccc2)[C@H]2CC[C@]1(C)C2(C)C. The fourth-order valence-electron chi connectivity index (χ4n) is 5.29. The third-order valence-corrected chi connectivity index (χ3v) is 9.07. The molecule has 0 aromatic heterocycles. The van der Waals surface area contributed by atoms with Crippen LogP contribution in [-0.2, 0) is 15.7 Å². The Hall–Kier alpha value is -0.710. The fraction of sp³-hybridized carbons (Fsp3) is 0.684. The summed E-state index contributed by atoms with van der Waals surface area (Å²) in [6.45, 7) is 7.96. The molecule has 2 unspecified atom stereocenters. The molecule has 1 aliphatic heterocycles. The zero-order valence-corrected chi connectivity index (χ0v) is 15.3. The lowest BCUT2D eigenvalue weighted by Crippen LogP contribution is -2.44. The minimum atomic E-state index is -0.960. The highest BCUT2D eigenvalue weighted by molar-refractivity contribution is 7.83. The summed E-state index contributed by atoms with van der Waals surface area (Å²) in [6, 6.07) is 10.8. The van der Waals surface area contributed by atoms with Crippen LogP contribution in [0.15, 0.2) is 30.3 Å². The summed E-state index contributed by atoms with van der Waals surface area (Å²) in [4.78, 5) is 0. The van der Waals surface area contributed by atoms with Gasteiger partial charge in [-0.3, -0.25) is 0 Å². The van der Waals surface area contributed by atoms with Crippen LogP contribution in [0.3, 0.4) is 0 Å². The Morgan fingerprint density at radius 3 is 2.57 bits per heavy atom. The lowest BCUT2D eigenvalue weighted by Gasteiger charge is -2.39. The smallest absolute Gasteiger partial charge is 0.101 e. The molecule has 1 saturated heterocycles. The van der Waals surface area contributed by atoms with E-state index in [-0.39, 0.29) is 22.2 Å². The van der Waals surface area contributed by atoms with Crippen molar-refractivity contribution in [3.05, 3.63) is 35.9 Å². The molecule has 4 rings (SSSR count). The Morgan fingerprint density at radius 2 is 1.91 bits per heavy atom. The maximum Gasteiger partial charge on any atom is 0.101 e. The first-order valence-corrected chi connectivity index (χ1v) is 9.84. The Balaban J connectivity index is 1.58. The van der Waals surface area contributed by atoms with E-state index in [1.165, 1.54) is 18.4 Å². The van der Waals surface area contributed by atoms with Gasteiger partial charge in [-0.1, -0.05) is 51.1 Å². The number of nitrogens with zero attached hydrogens (tertiary/aromatic N) is 1. The molecule has 4 heteroatoms. The van der Waals surface area contributed by atoms with Gasteiger partial charge in [-0.05, 0) is 29.7 Å². The first-order chi connectivity index (χ1) is 10.9. The molecule has 3 nitrogen and oxygen atoms in total. The number of methoxy groups -OCH3 is 1.